The molecule has 1 heterocycles. The third-order valence-corrected chi connectivity index (χ3v) is 4.29. The number of nitrogens with one attached hydrogen (secondary N) is 1. The molecule has 0 spiro atoms. The first-order valence-corrected chi connectivity index (χ1v) is 7.76. The Balaban J connectivity index is 1.76. The number of unbranched alkanes of at least 4 members (excludes halogenated alkanes) is 1. The Bertz CT molecular complexity index is 375. The third-order valence-electron chi connectivity index (χ3n) is 4.29. The molecule has 19 heavy (non-hydrogen) atoms. The zero-order chi connectivity index (χ0) is 13.5. The van der Waals surface area contributed by atoms with E-state index in [1.165, 1.54) is 45.2 Å². The maximum atomic E-state index is 3.31. The van der Waals surface area contributed by atoms with Crippen molar-refractivity contribution in [3.05, 3.63) is 35.4 Å². The Morgan fingerprint density at radius 3 is 2.79 bits per heavy atom. The summed E-state index contributed by atoms with van der Waals surface area (Å²) >= 11 is 0. The van der Waals surface area contributed by atoms with Crippen LogP contribution in [0.1, 0.15) is 43.7 Å². The number of hydrogen-bond donors (Lipinski definition) is 1. The first-order valence-electron chi connectivity index (χ1n) is 7.76. The molecule has 1 unspecified atom stereocenters. The van der Waals surface area contributed by atoms with Gasteiger partial charge >= 0.3 is 0 Å². The van der Waals surface area contributed by atoms with Crippen molar-refractivity contribution in [3.8, 4) is 0 Å². The van der Waals surface area contributed by atoms with Gasteiger partial charge in [0.25, 0.3) is 0 Å². The molecule has 2 nitrogen and oxygen atoms in total. The molecule has 2 rings (SSSR count). The summed E-state index contributed by atoms with van der Waals surface area (Å²) in [5.74, 6) is 0. The highest BCUT2D eigenvalue weighted by molar-refractivity contribution is 5.27. The molecule has 1 aromatic rings. The molecule has 0 saturated carbocycles. The lowest BCUT2D eigenvalue weighted by molar-refractivity contribution is 0.261. The number of fused-ring (bicyclic) bond motifs is 1. The molecule has 1 atom stereocenters. The summed E-state index contributed by atoms with van der Waals surface area (Å²) in [6, 6.07) is 9.61. The van der Waals surface area contributed by atoms with Gasteiger partial charge in [0.05, 0.1) is 0 Å². The molecular weight excluding hydrogens is 232 g/mol. The van der Waals surface area contributed by atoms with Crippen molar-refractivity contribution in [2.75, 3.05) is 20.1 Å². The van der Waals surface area contributed by atoms with Gasteiger partial charge in [-0.25, -0.2) is 0 Å². The number of hydrogen-bond acceptors (Lipinski definition) is 2. The van der Waals surface area contributed by atoms with E-state index in [1.807, 2.05) is 0 Å². The van der Waals surface area contributed by atoms with Crippen LogP contribution in [-0.2, 0) is 13.0 Å². The van der Waals surface area contributed by atoms with Crippen molar-refractivity contribution in [3.63, 3.8) is 0 Å². The van der Waals surface area contributed by atoms with Crippen LogP contribution in [0, 0.1) is 0 Å². The SMILES string of the molecule is CNC(C)CCCCN1CCCc2ccccc2C1. The van der Waals surface area contributed by atoms with E-state index in [1.54, 1.807) is 11.1 Å². The molecule has 0 aliphatic carbocycles. The zero-order valence-electron chi connectivity index (χ0n) is 12.5. The fraction of sp³-hybridized carbons (Fsp3) is 0.647. The van der Waals surface area contributed by atoms with Gasteiger partial charge in [-0.2, -0.15) is 0 Å². The van der Waals surface area contributed by atoms with E-state index in [0.717, 1.165) is 6.54 Å². The molecular formula is C17H28N2. The molecule has 0 bridgehead atoms. The highest BCUT2D eigenvalue weighted by Gasteiger charge is 2.13. The van der Waals surface area contributed by atoms with Crippen LogP contribution < -0.4 is 5.32 Å². The lowest BCUT2D eigenvalue weighted by Crippen LogP contribution is -2.25. The smallest absolute Gasteiger partial charge is 0.0236 e. The van der Waals surface area contributed by atoms with E-state index < -0.39 is 0 Å². The van der Waals surface area contributed by atoms with Crippen molar-refractivity contribution in [2.45, 2.75) is 51.6 Å². The summed E-state index contributed by atoms with van der Waals surface area (Å²) in [5.41, 5.74) is 3.11. The van der Waals surface area contributed by atoms with Crippen molar-refractivity contribution in [1.29, 1.82) is 0 Å². The van der Waals surface area contributed by atoms with E-state index in [-0.39, 0.29) is 0 Å². The van der Waals surface area contributed by atoms with Crippen molar-refractivity contribution in [1.82, 2.24) is 10.2 Å². The van der Waals surface area contributed by atoms with Crippen molar-refractivity contribution >= 4 is 0 Å². The first-order chi connectivity index (χ1) is 9.29. The van der Waals surface area contributed by atoms with Gasteiger partial charge in [-0.15, -0.1) is 0 Å². The largest absolute Gasteiger partial charge is 0.317 e. The Hall–Kier alpha value is -0.860. The fourth-order valence-electron chi connectivity index (χ4n) is 2.89. The highest BCUT2D eigenvalue weighted by Crippen LogP contribution is 2.18. The highest BCUT2D eigenvalue weighted by atomic mass is 15.1. The maximum absolute atomic E-state index is 3.31. The van der Waals surface area contributed by atoms with E-state index in [4.69, 9.17) is 0 Å². The summed E-state index contributed by atoms with van der Waals surface area (Å²) < 4.78 is 0. The number of nitrogens with zero attached hydrogens (tertiary/aromatic N) is 1. The number of rotatable bonds is 6. The first kappa shape index (κ1) is 14.5. The third kappa shape index (κ3) is 4.63. The molecule has 1 aromatic carbocycles. The molecule has 1 N–H and O–H groups in total. The van der Waals surface area contributed by atoms with Gasteiger partial charge in [-0.1, -0.05) is 30.7 Å². The van der Waals surface area contributed by atoms with Crippen LogP contribution in [-0.4, -0.2) is 31.1 Å². The Morgan fingerprint density at radius 1 is 1.21 bits per heavy atom. The summed E-state index contributed by atoms with van der Waals surface area (Å²) in [7, 11) is 2.05. The monoisotopic (exact) mass is 260 g/mol. The quantitative estimate of drug-likeness (QED) is 0.790. The summed E-state index contributed by atoms with van der Waals surface area (Å²) in [4.78, 5) is 2.63. The molecule has 1 aliphatic rings. The fourth-order valence-corrected chi connectivity index (χ4v) is 2.89. The molecule has 2 heteroatoms. The summed E-state index contributed by atoms with van der Waals surface area (Å²) in [6.45, 7) is 5.93. The van der Waals surface area contributed by atoms with Crippen LogP contribution in [0.15, 0.2) is 24.3 Å². The van der Waals surface area contributed by atoms with Gasteiger partial charge in [-0.3, -0.25) is 4.90 Å². The van der Waals surface area contributed by atoms with Gasteiger partial charge < -0.3 is 5.32 Å². The Morgan fingerprint density at radius 2 is 2.00 bits per heavy atom. The van der Waals surface area contributed by atoms with E-state index >= 15 is 0 Å². The van der Waals surface area contributed by atoms with Gasteiger partial charge in [0, 0.05) is 12.6 Å². The van der Waals surface area contributed by atoms with Crippen LogP contribution >= 0.6 is 0 Å². The van der Waals surface area contributed by atoms with Crippen LogP contribution in [0.2, 0.25) is 0 Å². The lowest BCUT2D eigenvalue weighted by Gasteiger charge is -2.20. The van der Waals surface area contributed by atoms with Gasteiger partial charge in [0.15, 0.2) is 0 Å². The average Bonchev–Trinajstić information content (AvgIpc) is 2.65. The van der Waals surface area contributed by atoms with Crippen LogP contribution in [0.25, 0.3) is 0 Å². The van der Waals surface area contributed by atoms with Crippen LogP contribution in [0.4, 0.5) is 0 Å². The van der Waals surface area contributed by atoms with Gasteiger partial charge in [0.1, 0.15) is 0 Å². The maximum Gasteiger partial charge on any atom is 0.0236 e. The standard InChI is InChI=1S/C17H28N2/c1-15(18-2)8-5-6-12-19-13-7-11-16-9-3-4-10-17(16)14-19/h3-4,9-10,15,18H,5-8,11-14H2,1-2H3. The molecule has 0 fully saturated rings. The second-order valence-electron chi connectivity index (χ2n) is 5.83. The molecule has 0 radical (unpaired) electrons. The lowest BCUT2D eigenvalue weighted by atomic mass is 10.0. The van der Waals surface area contributed by atoms with Gasteiger partial charge in [-0.05, 0) is 63.9 Å². The molecule has 0 amide bonds. The van der Waals surface area contributed by atoms with E-state index in [0.29, 0.717) is 6.04 Å². The van der Waals surface area contributed by atoms with Crippen LogP contribution in [0.3, 0.4) is 0 Å². The molecule has 0 saturated heterocycles. The predicted molar refractivity (Wildman–Crippen MR) is 82.4 cm³/mol. The normalized spacial score (nSPS) is 17.8. The minimum Gasteiger partial charge on any atom is -0.317 e. The Kier molecular flexibility index (Phi) is 5.87. The van der Waals surface area contributed by atoms with Crippen molar-refractivity contribution < 1.29 is 0 Å². The zero-order valence-corrected chi connectivity index (χ0v) is 12.5. The average molecular weight is 260 g/mol. The second-order valence-corrected chi connectivity index (χ2v) is 5.83. The second kappa shape index (κ2) is 7.66. The molecule has 106 valence electrons. The minimum absolute atomic E-state index is 0.657. The van der Waals surface area contributed by atoms with Gasteiger partial charge in [0.2, 0.25) is 0 Å². The molecule has 1 aliphatic heterocycles. The minimum atomic E-state index is 0.657. The molecule has 0 aromatic heterocycles. The number of benzene rings is 1. The van der Waals surface area contributed by atoms with E-state index in [2.05, 4.69) is 48.5 Å². The number of aryl methyl sites for hydroxylation is 1. The summed E-state index contributed by atoms with van der Waals surface area (Å²) in [5, 5.41) is 3.31. The van der Waals surface area contributed by atoms with E-state index in [9.17, 15) is 0 Å². The van der Waals surface area contributed by atoms with Crippen molar-refractivity contribution in [2.24, 2.45) is 0 Å². The Labute approximate surface area is 118 Å². The topological polar surface area (TPSA) is 15.3 Å². The summed E-state index contributed by atoms with van der Waals surface area (Å²) in [6.07, 6.45) is 6.52. The van der Waals surface area contributed by atoms with Crippen LogP contribution in [0.5, 0.6) is 0 Å². The predicted octanol–water partition coefficient (Wildman–Crippen LogP) is 3.21.